The molecule has 0 fully saturated rings. The Morgan fingerprint density at radius 3 is 3.08 bits per heavy atom. The molecule has 1 aromatic heterocycles. The van der Waals surface area contributed by atoms with E-state index >= 15 is 0 Å². The molecule has 1 rings (SSSR count). The van der Waals surface area contributed by atoms with Crippen molar-refractivity contribution in [1.82, 2.24) is 9.78 Å². The normalized spacial score (nSPS) is 13.2. The molecule has 0 radical (unpaired) electrons. The first kappa shape index (κ1) is 9.61. The first-order valence-corrected chi connectivity index (χ1v) is 4.65. The van der Waals surface area contributed by atoms with Crippen molar-refractivity contribution >= 4 is 12.6 Å². The lowest BCUT2D eigenvalue weighted by molar-refractivity contribution is 0.269. The maximum Gasteiger partial charge on any atom is 0.0640 e. The van der Waals surface area contributed by atoms with E-state index in [0.29, 0.717) is 12.5 Å². The van der Waals surface area contributed by atoms with Crippen LogP contribution in [0.1, 0.15) is 18.4 Å². The molecule has 12 heavy (non-hydrogen) atoms. The van der Waals surface area contributed by atoms with Crippen molar-refractivity contribution in [1.29, 1.82) is 0 Å². The summed E-state index contributed by atoms with van der Waals surface area (Å²) >= 11 is 4.20. The lowest BCUT2D eigenvalue weighted by atomic mass is 10.1. The van der Waals surface area contributed by atoms with Crippen molar-refractivity contribution in [2.75, 3.05) is 12.4 Å². The van der Waals surface area contributed by atoms with E-state index in [0.717, 1.165) is 5.75 Å². The fraction of sp³-hybridized carbons (Fsp3) is 0.625. The molecule has 1 atom stereocenters. The van der Waals surface area contributed by atoms with Crippen LogP contribution in [0.25, 0.3) is 0 Å². The Balaban J connectivity index is 2.63. The fourth-order valence-corrected chi connectivity index (χ4v) is 1.18. The molecule has 4 heteroatoms. The van der Waals surface area contributed by atoms with Gasteiger partial charge in [0.2, 0.25) is 0 Å². The van der Waals surface area contributed by atoms with Gasteiger partial charge in [-0.15, -0.1) is 0 Å². The standard InChI is InChI=1S/C8H14N2OS/c1-7(6-12)8-4-9-10(5-8)2-3-11/h4-5,7,11-12H,2-3,6H2,1H3. The third-order valence-electron chi connectivity index (χ3n) is 1.83. The number of nitrogens with zero attached hydrogens (tertiary/aromatic N) is 2. The Bertz CT molecular complexity index is 237. The van der Waals surface area contributed by atoms with Gasteiger partial charge in [0.1, 0.15) is 0 Å². The molecule has 68 valence electrons. The van der Waals surface area contributed by atoms with Gasteiger partial charge in [-0.2, -0.15) is 17.7 Å². The predicted molar refractivity (Wildman–Crippen MR) is 51.6 cm³/mol. The van der Waals surface area contributed by atoms with Gasteiger partial charge < -0.3 is 5.11 Å². The summed E-state index contributed by atoms with van der Waals surface area (Å²) in [4.78, 5) is 0. The van der Waals surface area contributed by atoms with E-state index in [1.807, 2.05) is 12.4 Å². The lowest BCUT2D eigenvalue weighted by Gasteiger charge is -2.02. The third kappa shape index (κ3) is 2.25. The molecule has 0 aliphatic carbocycles. The summed E-state index contributed by atoms with van der Waals surface area (Å²) in [6.07, 6.45) is 3.79. The Morgan fingerprint density at radius 2 is 2.50 bits per heavy atom. The molecule has 0 aliphatic heterocycles. The summed E-state index contributed by atoms with van der Waals surface area (Å²) in [5, 5.41) is 12.7. The van der Waals surface area contributed by atoms with Crippen LogP contribution in [-0.4, -0.2) is 27.2 Å². The van der Waals surface area contributed by atoms with Crippen molar-refractivity contribution in [2.45, 2.75) is 19.4 Å². The van der Waals surface area contributed by atoms with Gasteiger partial charge in [-0.05, 0) is 17.2 Å². The maximum absolute atomic E-state index is 8.65. The number of thiol groups is 1. The van der Waals surface area contributed by atoms with E-state index in [-0.39, 0.29) is 6.61 Å². The van der Waals surface area contributed by atoms with Gasteiger partial charge in [-0.25, -0.2) is 0 Å². The second kappa shape index (κ2) is 4.52. The smallest absolute Gasteiger partial charge is 0.0640 e. The quantitative estimate of drug-likeness (QED) is 0.686. The van der Waals surface area contributed by atoms with E-state index in [2.05, 4.69) is 24.7 Å². The molecule has 0 aliphatic rings. The van der Waals surface area contributed by atoms with E-state index in [4.69, 9.17) is 5.11 Å². The Morgan fingerprint density at radius 1 is 1.75 bits per heavy atom. The third-order valence-corrected chi connectivity index (χ3v) is 2.37. The number of rotatable bonds is 4. The van der Waals surface area contributed by atoms with E-state index in [1.54, 1.807) is 4.68 Å². The molecule has 3 nitrogen and oxygen atoms in total. The highest BCUT2D eigenvalue weighted by molar-refractivity contribution is 7.80. The van der Waals surface area contributed by atoms with E-state index in [9.17, 15) is 0 Å². The van der Waals surface area contributed by atoms with Crippen molar-refractivity contribution < 1.29 is 5.11 Å². The summed E-state index contributed by atoms with van der Waals surface area (Å²) in [7, 11) is 0. The van der Waals surface area contributed by atoms with Crippen LogP contribution in [0.5, 0.6) is 0 Å². The van der Waals surface area contributed by atoms with Crippen LogP contribution in [0.4, 0.5) is 0 Å². The average molecular weight is 186 g/mol. The zero-order valence-electron chi connectivity index (χ0n) is 7.14. The molecule has 0 amide bonds. The topological polar surface area (TPSA) is 38.0 Å². The number of hydrogen-bond acceptors (Lipinski definition) is 3. The summed E-state index contributed by atoms with van der Waals surface area (Å²) in [6.45, 7) is 2.81. The van der Waals surface area contributed by atoms with Crippen LogP contribution < -0.4 is 0 Å². The van der Waals surface area contributed by atoms with Gasteiger partial charge in [0.05, 0.1) is 19.3 Å². The van der Waals surface area contributed by atoms with Crippen LogP contribution in [0.3, 0.4) is 0 Å². The predicted octanol–water partition coefficient (Wildman–Crippen LogP) is 0.909. The molecule has 0 saturated heterocycles. The number of aliphatic hydroxyl groups excluding tert-OH is 1. The highest BCUT2D eigenvalue weighted by atomic mass is 32.1. The van der Waals surface area contributed by atoms with E-state index < -0.39 is 0 Å². The zero-order valence-corrected chi connectivity index (χ0v) is 8.04. The lowest BCUT2D eigenvalue weighted by Crippen LogP contribution is -2.01. The number of hydrogen-bond donors (Lipinski definition) is 2. The Hall–Kier alpha value is -0.480. The van der Waals surface area contributed by atoms with Crippen LogP contribution in [0.15, 0.2) is 12.4 Å². The van der Waals surface area contributed by atoms with Crippen molar-refractivity contribution in [3.8, 4) is 0 Å². The van der Waals surface area contributed by atoms with Gasteiger partial charge in [0.15, 0.2) is 0 Å². The van der Waals surface area contributed by atoms with Crippen LogP contribution in [0.2, 0.25) is 0 Å². The molecule has 1 unspecified atom stereocenters. The first-order chi connectivity index (χ1) is 5.77. The van der Waals surface area contributed by atoms with Gasteiger partial charge in [-0.3, -0.25) is 4.68 Å². The molecule has 1 heterocycles. The summed E-state index contributed by atoms with van der Waals surface area (Å²) in [5.74, 6) is 1.26. The number of aromatic nitrogens is 2. The SMILES string of the molecule is CC(CS)c1cnn(CCO)c1. The molecule has 0 saturated carbocycles. The van der Waals surface area contributed by atoms with Crippen LogP contribution in [0, 0.1) is 0 Å². The van der Waals surface area contributed by atoms with Gasteiger partial charge in [-0.1, -0.05) is 6.92 Å². The minimum absolute atomic E-state index is 0.135. The average Bonchev–Trinajstić information content (AvgIpc) is 2.52. The van der Waals surface area contributed by atoms with Crippen molar-refractivity contribution in [3.05, 3.63) is 18.0 Å². The first-order valence-electron chi connectivity index (χ1n) is 4.02. The molecule has 0 spiro atoms. The largest absolute Gasteiger partial charge is 0.394 e. The summed E-state index contributed by atoms with van der Waals surface area (Å²) in [6, 6.07) is 0. The number of aliphatic hydroxyl groups is 1. The monoisotopic (exact) mass is 186 g/mol. The van der Waals surface area contributed by atoms with Gasteiger partial charge >= 0.3 is 0 Å². The van der Waals surface area contributed by atoms with Crippen LogP contribution in [-0.2, 0) is 6.54 Å². The maximum atomic E-state index is 8.65. The van der Waals surface area contributed by atoms with Crippen molar-refractivity contribution in [2.24, 2.45) is 0 Å². The molecule has 1 aromatic rings. The van der Waals surface area contributed by atoms with Crippen molar-refractivity contribution in [3.63, 3.8) is 0 Å². The molecular weight excluding hydrogens is 172 g/mol. The minimum atomic E-state index is 0.135. The second-order valence-electron chi connectivity index (χ2n) is 2.84. The van der Waals surface area contributed by atoms with Gasteiger partial charge in [0, 0.05) is 6.20 Å². The molecular formula is C8H14N2OS. The Kier molecular flexibility index (Phi) is 3.62. The molecule has 1 N–H and O–H groups in total. The molecule has 0 bridgehead atoms. The fourth-order valence-electron chi connectivity index (χ4n) is 0.964. The minimum Gasteiger partial charge on any atom is -0.394 e. The summed E-state index contributed by atoms with van der Waals surface area (Å²) < 4.78 is 1.75. The van der Waals surface area contributed by atoms with E-state index in [1.165, 1.54) is 5.56 Å². The molecule has 0 aromatic carbocycles. The Labute approximate surface area is 77.8 Å². The van der Waals surface area contributed by atoms with Gasteiger partial charge in [0.25, 0.3) is 0 Å². The second-order valence-corrected chi connectivity index (χ2v) is 3.21. The zero-order chi connectivity index (χ0) is 8.97. The van der Waals surface area contributed by atoms with Crippen LogP contribution >= 0.6 is 12.6 Å². The highest BCUT2D eigenvalue weighted by Crippen LogP contribution is 2.14. The highest BCUT2D eigenvalue weighted by Gasteiger charge is 2.05. The summed E-state index contributed by atoms with van der Waals surface area (Å²) in [5.41, 5.74) is 1.18.